The number of hydrogen-bond donors (Lipinski definition) is 0. The number of hydrogen-bond acceptors (Lipinski definition) is 6. The van der Waals surface area contributed by atoms with E-state index in [1.165, 1.54) is 135 Å². The minimum Gasteiger partial charge on any atom is -0.462 e. The monoisotopic (exact) mass is 761 g/mol. The fourth-order valence-electron chi connectivity index (χ4n) is 6.65. The lowest BCUT2D eigenvalue weighted by Gasteiger charge is -2.18. The highest BCUT2D eigenvalue weighted by Crippen LogP contribution is 2.14. The van der Waals surface area contributed by atoms with Gasteiger partial charge in [0.15, 0.2) is 6.10 Å². The zero-order chi connectivity index (χ0) is 39.4. The van der Waals surface area contributed by atoms with Crippen molar-refractivity contribution < 1.29 is 28.6 Å². The minimum atomic E-state index is -0.765. The summed E-state index contributed by atoms with van der Waals surface area (Å²) >= 11 is 0. The number of unbranched alkanes of at least 4 members (excludes halogenated alkanes) is 27. The summed E-state index contributed by atoms with van der Waals surface area (Å²) in [5, 5.41) is 0. The van der Waals surface area contributed by atoms with Crippen molar-refractivity contribution in [2.24, 2.45) is 0 Å². The molecule has 0 aromatic rings. The second-order valence-electron chi connectivity index (χ2n) is 15.7. The van der Waals surface area contributed by atoms with E-state index in [1.807, 2.05) is 0 Å². The molecule has 0 bridgehead atoms. The molecular weight excluding hydrogens is 673 g/mol. The molecule has 0 heterocycles. The van der Waals surface area contributed by atoms with Crippen LogP contribution < -0.4 is 0 Å². The van der Waals surface area contributed by atoms with Gasteiger partial charge in [0.2, 0.25) is 0 Å². The third-order valence-corrected chi connectivity index (χ3v) is 10.2. The molecule has 6 nitrogen and oxygen atoms in total. The van der Waals surface area contributed by atoms with Crippen LogP contribution >= 0.6 is 0 Å². The first-order valence-electron chi connectivity index (χ1n) is 23.3. The van der Waals surface area contributed by atoms with Gasteiger partial charge in [-0.2, -0.15) is 0 Å². The van der Waals surface area contributed by atoms with Crippen LogP contribution in [0.2, 0.25) is 0 Å². The Labute approximate surface area is 334 Å². The number of carbonyl (C=O) groups is 3. The van der Waals surface area contributed by atoms with Crippen LogP contribution in [0.5, 0.6) is 0 Å². The van der Waals surface area contributed by atoms with E-state index in [9.17, 15) is 14.4 Å². The summed E-state index contributed by atoms with van der Waals surface area (Å²) in [7, 11) is 0. The lowest BCUT2D eigenvalue weighted by atomic mass is 10.1. The highest BCUT2D eigenvalue weighted by molar-refractivity contribution is 5.71. The molecule has 316 valence electrons. The molecule has 0 amide bonds. The number of rotatable bonds is 42. The van der Waals surface area contributed by atoms with Gasteiger partial charge in [-0.25, -0.2) is 0 Å². The van der Waals surface area contributed by atoms with Crippen molar-refractivity contribution in [2.75, 3.05) is 13.2 Å². The van der Waals surface area contributed by atoms with E-state index in [0.717, 1.165) is 70.6 Å². The summed E-state index contributed by atoms with van der Waals surface area (Å²) in [6.07, 6.45) is 47.4. The Balaban J connectivity index is 4.26. The van der Waals surface area contributed by atoms with E-state index in [1.54, 1.807) is 0 Å². The summed E-state index contributed by atoms with van der Waals surface area (Å²) in [4.78, 5) is 37.6. The molecule has 1 atom stereocenters. The van der Waals surface area contributed by atoms with Crippen LogP contribution in [0.4, 0.5) is 0 Å². The largest absolute Gasteiger partial charge is 0.462 e. The van der Waals surface area contributed by atoms with Crippen molar-refractivity contribution in [3.8, 4) is 0 Å². The van der Waals surface area contributed by atoms with Gasteiger partial charge in [0.05, 0.1) is 0 Å². The van der Waals surface area contributed by atoms with Crippen LogP contribution in [0.3, 0.4) is 0 Å². The average Bonchev–Trinajstić information content (AvgIpc) is 3.17. The van der Waals surface area contributed by atoms with Crippen molar-refractivity contribution in [2.45, 2.75) is 252 Å². The summed E-state index contributed by atoms with van der Waals surface area (Å²) in [6.45, 7) is 6.58. The van der Waals surface area contributed by atoms with Crippen LogP contribution in [-0.2, 0) is 28.6 Å². The Kier molecular flexibility index (Phi) is 41.9. The van der Waals surface area contributed by atoms with E-state index in [-0.39, 0.29) is 31.1 Å². The van der Waals surface area contributed by atoms with Crippen molar-refractivity contribution in [1.29, 1.82) is 0 Å². The summed E-state index contributed by atoms with van der Waals surface area (Å²) < 4.78 is 16.7. The van der Waals surface area contributed by atoms with Crippen molar-refractivity contribution >= 4 is 17.9 Å². The Hall–Kier alpha value is -2.11. The molecule has 0 fully saturated rings. The molecule has 0 aromatic carbocycles. The molecule has 6 heteroatoms. The third kappa shape index (κ3) is 41.1. The lowest BCUT2D eigenvalue weighted by Crippen LogP contribution is -2.30. The first-order chi connectivity index (χ1) is 26.5. The standard InChI is InChI=1S/C48H88O6/c1-4-7-10-13-16-19-21-22-23-24-25-26-27-28-30-32-35-38-41-47(50)53-44-45(43-52-46(49)40-37-34-31-18-15-12-9-6-3)54-48(51)42-39-36-33-29-20-17-14-11-8-5-2/h19,21,23-24,45H,4-18,20,22,25-44H2,1-3H3/b21-19-,24-23-. The zero-order valence-electron chi connectivity index (χ0n) is 36.0. The quantitative estimate of drug-likeness (QED) is 0.0267. The summed E-state index contributed by atoms with van der Waals surface area (Å²) in [6, 6.07) is 0. The van der Waals surface area contributed by atoms with Gasteiger partial charge in [0, 0.05) is 19.3 Å². The number of allylic oxidation sites excluding steroid dienone is 4. The molecule has 0 aromatic heterocycles. The Morgan fingerprint density at radius 2 is 0.667 bits per heavy atom. The van der Waals surface area contributed by atoms with Crippen LogP contribution in [0.25, 0.3) is 0 Å². The van der Waals surface area contributed by atoms with Crippen molar-refractivity contribution in [1.82, 2.24) is 0 Å². The molecule has 0 saturated carbocycles. The zero-order valence-corrected chi connectivity index (χ0v) is 36.0. The second-order valence-corrected chi connectivity index (χ2v) is 15.7. The van der Waals surface area contributed by atoms with E-state index in [0.29, 0.717) is 19.3 Å². The highest BCUT2D eigenvalue weighted by atomic mass is 16.6. The molecule has 1 unspecified atom stereocenters. The summed E-state index contributed by atoms with van der Waals surface area (Å²) in [5.41, 5.74) is 0. The fourth-order valence-corrected chi connectivity index (χ4v) is 6.65. The lowest BCUT2D eigenvalue weighted by molar-refractivity contribution is -0.167. The molecule has 0 aliphatic carbocycles. The first kappa shape index (κ1) is 51.9. The van der Waals surface area contributed by atoms with Gasteiger partial charge in [-0.05, 0) is 51.4 Å². The topological polar surface area (TPSA) is 78.9 Å². The normalized spacial score (nSPS) is 12.1. The van der Waals surface area contributed by atoms with E-state index >= 15 is 0 Å². The first-order valence-corrected chi connectivity index (χ1v) is 23.3. The third-order valence-electron chi connectivity index (χ3n) is 10.2. The van der Waals surface area contributed by atoms with Crippen molar-refractivity contribution in [3.05, 3.63) is 24.3 Å². The van der Waals surface area contributed by atoms with Crippen molar-refractivity contribution in [3.63, 3.8) is 0 Å². The minimum absolute atomic E-state index is 0.0705. The molecule has 0 radical (unpaired) electrons. The Morgan fingerprint density at radius 1 is 0.370 bits per heavy atom. The van der Waals surface area contributed by atoms with Crippen LogP contribution in [-0.4, -0.2) is 37.2 Å². The molecular formula is C48H88O6. The smallest absolute Gasteiger partial charge is 0.306 e. The van der Waals surface area contributed by atoms with Gasteiger partial charge in [-0.15, -0.1) is 0 Å². The average molecular weight is 761 g/mol. The molecule has 54 heavy (non-hydrogen) atoms. The predicted molar refractivity (Wildman–Crippen MR) is 229 cm³/mol. The van der Waals surface area contributed by atoms with Gasteiger partial charge in [-0.1, -0.05) is 199 Å². The molecule has 0 aliphatic rings. The number of esters is 3. The van der Waals surface area contributed by atoms with E-state index < -0.39 is 6.10 Å². The number of ether oxygens (including phenoxy) is 3. The van der Waals surface area contributed by atoms with Crippen LogP contribution in [0, 0.1) is 0 Å². The molecule has 0 N–H and O–H groups in total. The van der Waals surface area contributed by atoms with Gasteiger partial charge in [0.25, 0.3) is 0 Å². The second kappa shape index (κ2) is 43.6. The predicted octanol–water partition coefficient (Wildman–Crippen LogP) is 14.8. The maximum Gasteiger partial charge on any atom is 0.306 e. The molecule has 0 rings (SSSR count). The molecule has 0 spiro atoms. The molecule has 0 saturated heterocycles. The Morgan fingerprint density at radius 3 is 1.04 bits per heavy atom. The Bertz CT molecular complexity index is 880. The van der Waals surface area contributed by atoms with E-state index in [2.05, 4.69) is 45.1 Å². The SMILES string of the molecule is CCCCCC/C=C\C/C=C\CCCCCCCCCC(=O)OCC(COC(=O)CCCCCCCCCC)OC(=O)CCCCCCCCCCCC. The maximum atomic E-state index is 12.7. The fraction of sp³-hybridized carbons (Fsp3) is 0.854. The van der Waals surface area contributed by atoms with E-state index in [4.69, 9.17) is 14.2 Å². The van der Waals surface area contributed by atoms with Gasteiger partial charge < -0.3 is 14.2 Å². The number of carbonyl (C=O) groups excluding carboxylic acids is 3. The highest BCUT2D eigenvalue weighted by Gasteiger charge is 2.19. The maximum absolute atomic E-state index is 12.7. The molecule has 0 aliphatic heterocycles. The van der Waals surface area contributed by atoms with Gasteiger partial charge in [0.1, 0.15) is 13.2 Å². The van der Waals surface area contributed by atoms with Gasteiger partial charge in [-0.3, -0.25) is 14.4 Å². The van der Waals surface area contributed by atoms with Crippen LogP contribution in [0.1, 0.15) is 245 Å². The van der Waals surface area contributed by atoms with Gasteiger partial charge >= 0.3 is 17.9 Å². The van der Waals surface area contributed by atoms with Crippen LogP contribution in [0.15, 0.2) is 24.3 Å². The summed E-state index contributed by atoms with van der Waals surface area (Å²) in [5.74, 6) is -0.878.